The summed E-state index contributed by atoms with van der Waals surface area (Å²) >= 11 is 0. The van der Waals surface area contributed by atoms with Crippen LogP contribution in [0.2, 0.25) is 0 Å². The highest BCUT2D eigenvalue weighted by Gasteiger charge is 1.95. The molecule has 0 aromatic rings. The topological polar surface area (TPSA) is 0 Å². The van der Waals surface area contributed by atoms with Gasteiger partial charge in [-0.15, -0.1) is 0 Å². The van der Waals surface area contributed by atoms with Crippen molar-refractivity contribution in [1.82, 2.24) is 0 Å². The number of hydrogen-bond acceptors (Lipinski definition) is 0. The highest BCUT2D eigenvalue weighted by atomic mass is 19.1. The Labute approximate surface area is 68.1 Å². The number of hydrogen-bond donors (Lipinski definition) is 0. The molecule has 0 unspecified atom stereocenters. The van der Waals surface area contributed by atoms with Crippen molar-refractivity contribution < 1.29 is 4.39 Å². The Morgan fingerprint density at radius 2 is 1.73 bits per heavy atom. The molecule has 11 heavy (non-hydrogen) atoms. The van der Waals surface area contributed by atoms with Crippen LogP contribution in [0, 0.1) is 0 Å². The zero-order valence-electron chi connectivity index (χ0n) is 7.39. The van der Waals surface area contributed by atoms with Crippen LogP contribution in [0.5, 0.6) is 0 Å². The second-order valence-corrected chi connectivity index (χ2v) is 2.23. The summed E-state index contributed by atoms with van der Waals surface area (Å²) in [5.41, 5.74) is 0.755. The van der Waals surface area contributed by atoms with E-state index >= 15 is 0 Å². The molecular weight excluding hydrogens is 139 g/mol. The van der Waals surface area contributed by atoms with E-state index in [2.05, 4.69) is 0 Å². The van der Waals surface area contributed by atoms with E-state index < -0.39 is 0 Å². The maximum absolute atomic E-state index is 13.0. The van der Waals surface area contributed by atoms with Crippen molar-refractivity contribution in [3.63, 3.8) is 0 Å². The van der Waals surface area contributed by atoms with Gasteiger partial charge in [0.2, 0.25) is 0 Å². The molecule has 0 aliphatic rings. The van der Waals surface area contributed by atoms with E-state index in [-0.39, 0.29) is 5.83 Å². The van der Waals surface area contributed by atoms with Crippen molar-refractivity contribution in [2.45, 2.75) is 27.2 Å². The Morgan fingerprint density at radius 3 is 2.09 bits per heavy atom. The lowest BCUT2D eigenvalue weighted by Gasteiger charge is -1.96. The Bertz CT molecular complexity index is 185. The summed E-state index contributed by atoms with van der Waals surface area (Å²) in [4.78, 5) is 0. The number of halogens is 1. The van der Waals surface area contributed by atoms with Crippen LogP contribution in [-0.2, 0) is 0 Å². The van der Waals surface area contributed by atoms with Gasteiger partial charge in [0.1, 0.15) is 5.83 Å². The van der Waals surface area contributed by atoms with Crippen LogP contribution in [0.1, 0.15) is 27.2 Å². The summed E-state index contributed by atoms with van der Waals surface area (Å²) in [6.45, 7) is 5.64. The van der Waals surface area contributed by atoms with Gasteiger partial charge < -0.3 is 0 Å². The quantitative estimate of drug-likeness (QED) is 0.543. The molecule has 0 saturated heterocycles. The van der Waals surface area contributed by atoms with Gasteiger partial charge in [-0.05, 0) is 31.9 Å². The third-order valence-electron chi connectivity index (χ3n) is 1.37. The number of rotatable bonds is 3. The van der Waals surface area contributed by atoms with Gasteiger partial charge in [0.25, 0.3) is 0 Å². The molecule has 0 heterocycles. The maximum atomic E-state index is 13.0. The molecule has 0 aromatic heterocycles. The van der Waals surface area contributed by atoms with Crippen molar-refractivity contribution in [3.05, 3.63) is 35.7 Å². The Kier molecular flexibility index (Phi) is 5.44. The van der Waals surface area contributed by atoms with Gasteiger partial charge >= 0.3 is 0 Å². The molecule has 1 heteroatoms. The van der Waals surface area contributed by atoms with E-state index in [1.165, 1.54) is 6.08 Å². The van der Waals surface area contributed by atoms with E-state index in [0.29, 0.717) is 0 Å². The van der Waals surface area contributed by atoms with Crippen molar-refractivity contribution in [3.8, 4) is 0 Å². The molecule has 0 nitrogen and oxygen atoms in total. The van der Waals surface area contributed by atoms with E-state index in [4.69, 9.17) is 0 Å². The minimum atomic E-state index is -0.131. The molecule has 0 aliphatic carbocycles. The van der Waals surface area contributed by atoms with Crippen LogP contribution in [-0.4, -0.2) is 0 Å². The molecule has 0 atom stereocenters. The van der Waals surface area contributed by atoms with Crippen molar-refractivity contribution in [2.75, 3.05) is 0 Å². The lowest BCUT2D eigenvalue weighted by atomic mass is 10.1. The molecule has 0 aliphatic heterocycles. The molecule has 0 aromatic carbocycles. The normalized spacial score (nSPS) is 14.5. The predicted octanol–water partition coefficient (Wildman–Crippen LogP) is 3.77. The molecule has 0 radical (unpaired) electrons. The van der Waals surface area contributed by atoms with Gasteiger partial charge in [0, 0.05) is 0 Å². The summed E-state index contributed by atoms with van der Waals surface area (Å²) in [6, 6.07) is 0. The third-order valence-corrected chi connectivity index (χ3v) is 1.37. The highest BCUT2D eigenvalue weighted by molar-refractivity contribution is 5.27. The van der Waals surface area contributed by atoms with Gasteiger partial charge in [-0.3, -0.25) is 0 Å². The minimum absolute atomic E-state index is 0.131. The Morgan fingerprint density at radius 1 is 1.18 bits per heavy atom. The van der Waals surface area contributed by atoms with Crippen molar-refractivity contribution in [2.24, 2.45) is 0 Å². The average molecular weight is 154 g/mol. The van der Waals surface area contributed by atoms with Crippen LogP contribution in [0.25, 0.3) is 0 Å². The van der Waals surface area contributed by atoms with E-state index in [0.717, 1.165) is 12.0 Å². The first kappa shape index (κ1) is 10.2. The third kappa shape index (κ3) is 3.76. The largest absolute Gasteiger partial charge is 0.207 e. The molecular formula is C10H15F. The first-order valence-corrected chi connectivity index (χ1v) is 3.90. The predicted molar refractivity (Wildman–Crippen MR) is 48.1 cm³/mol. The molecule has 0 N–H and O–H groups in total. The lowest BCUT2D eigenvalue weighted by molar-refractivity contribution is 0.652. The number of allylic oxidation sites excluding steroid dienone is 6. The zero-order chi connectivity index (χ0) is 8.69. The van der Waals surface area contributed by atoms with Gasteiger partial charge in [0.05, 0.1) is 0 Å². The average Bonchev–Trinajstić information content (AvgIpc) is 2.00. The summed E-state index contributed by atoms with van der Waals surface area (Å²) in [6.07, 6.45) is 7.57. The minimum Gasteiger partial charge on any atom is -0.207 e. The van der Waals surface area contributed by atoms with Gasteiger partial charge in [0.15, 0.2) is 0 Å². The first-order valence-electron chi connectivity index (χ1n) is 3.90. The SMILES string of the molecule is C\C=C/C(CC)=C(F)\C=C\C. The fourth-order valence-corrected chi connectivity index (χ4v) is 0.821. The van der Waals surface area contributed by atoms with Crippen LogP contribution in [0.15, 0.2) is 35.7 Å². The molecule has 0 fully saturated rings. The van der Waals surface area contributed by atoms with E-state index in [1.807, 2.05) is 26.8 Å². The first-order chi connectivity index (χ1) is 5.26. The Hall–Kier alpha value is -0.850. The van der Waals surface area contributed by atoms with E-state index in [1.54, 1.807) is 12.2 Å². The van der Waals surface area contributed by atoms with Gasteiger partial charge in [-0.25, -0.2) is 4.39 Å². The lowest BCUT2D eigenvalue weighted by Crippen LogP contribution is -1.78. The molecule has 0 rings (SSSR count). The molecule has 0 bridgehead atoms. The van der Waals surface area contributed by atoms with Crippen molar-refractivity contribution in [1.29, 1.82) is 0 Å². The van der Waals surface area contributed by atoms with E-state index in [9.17, 15) is 4.39 Å². The summed E-state index contributed by atoms with van der Waals surface area (Å²) in [7, 11) is 0. The second-order valence-electron chi connectivity index (χ2n) is 2.23. The van der Waals surface area contributed by atoms with Crippen LogP contribution < -0.4 is 0 Å². The summed E-state index contributed by atoms with van der Waals surface area (Å²) in [5.74, 6) is -0.131. The second kappa shape index (κ2) is 5.90. The fourth-order valence-electron chi connectivity index (χ4n) is 0.821. The maximum Gasteiger partial charge on any atom is 0.126 e. The summed E-state index contributed by atoms with van der Waals surface area (Å²) in [5, 5.41) is 0. The monoisotopic (exact) mass is 154 g/mol. The van der Waals surface area contributed by atoms with Crippen LogP contribution in [0.4, 0.5) is 4.39 Å². The Balaban J connectivity index is 4.52. The molecule has 0 amide bonds. The van der Waals surface area contributed by atoms with Crippen LogP contribution >= 0.6 is 0 Å². The molecule has 0 spiro atoms. The van der Waals surface area contributed by atoms with Gasteiger partial charge in [-0.1, -0.05) is 25.2 Å². The molecule has 62 valence electrons. The molecule has 0 saturated carbocycles. The standard InChI is InChI=1S/C10H15F/c1-4-7-9(6-3)10(11)8-5-2/h4-5,7-8H,6H2,1-3H3/b7-4-,8-5+,10-9+. The highest BCUT2D eigenvalue weighted by Crippen LogP contribution is 2.12. The van der Waals surface area contributed by atoms with Crippen molar-refractivity contribution >= 4 is 0 Å². The zero-order valence-corrected chi connectivity index (χ0v) is 7.39. The summed E-state index contributed by atoms with van der Waals surface area (Å²) < 4.78 is 13.0. The smallest absolute Gasteiger partial charge is 0.126 e. The van der Waals surface area contributed by atoms with Crippen LogP contribution in [0.3, 0.4) is 0 Å². The fraction of sp³-hybridized carbons (Fsp3) is 0.400. The van der Waals surface area contributed by atoms with Gasteiger partial charge in [-0.2, -0.15) is 0 Å².